The van der Waals surface area contributed by atoms with Crippen molar-refractivity contribution in [1.29, 1.82) is 0 Å². The number of sulfone groups is 1. The summed E-state index contributed by atoms with van der Waals surface area (Å²) < 4.78 is 44.6. The molecule has 1 amide bonds. The number of pyridine rings is 1. The lowest BCUT2D eigenvalue weighted by atomic mass is 9.92. The molecule has 2 aromatic heterocycles. The van der Waals surface area contributed by atoms with Crippen LogP contribution in [0.15, 0.2) is 90.0 Å². The van der Waals surface area contributed by atoms with Crippen LogP contribution in [-0.4, -0.2) is 54.6 Å². The lowest BCUT2D eigenvalue weighted by Crippen LogP contribution is -2.28. The summed E-state index contributed by atoms with van der Waals surface area (Å²) in [6.07, 6.45) is 3.67. The molecule has 0 fully saturated rings. The minimum atomic E-state index is -3.52. The zero-order valence-electron chi connectivity index (χ0n) is 25.7. The molecule has 0 unspecified atom stereocenters. The fraction of sp³-hybridized carbons (Fsp3) is 0.235. The second-order valence-corrected chi connectivity index (χ2v) is 13.0. The Morgan fingerprint density at radius 3 is 2.35 bits per heavy atom. The largest absolute Gasteiger partial charge is 0.495 e. The minimum absolute atomic E-state index is 0.0316. The van der Waals surface area contributed by atoms with Crippen LogP contribution in [0.5, 0.6) is 5.75 Å². The predicted molar refractivity (Wildman–Crippen MR) is 173 cm³/mol. The first-order valence-corrected chi connectivity index (χ1v) is 16.5. The van der Waals surface area contributed by atoms with Crippen molar-refractivity contribution < 1.29 is 27.1 Å². The number of ketones is 1. The number of anilines is 2. The lowest BCUT2D eigenvalue weighted by Gasteiger charge is -2.22. The van der Waals surface area contributed by atoms with E-state index >= 15 is 0 Å². The van der Waals surface area contributed by atoms with Crippen molar-refractivity contribution in [2.75, 3.05) is 24.8 Å². The van der Waals surface area contributed by atoms with Crippen LogP contribution in [-0.2, 0) is 25.8 Å². The number of amides is 1. The topological polar surface area (TPSA) is 137 Å². The van der Waals surface area contributed by atoms with Gasteiger partial charge in [-0.15, -0.1) is 5.10 Å². The number of hydrogen-bond donors (Lipinski definition) is 1. The van der Waals surface area contributed by atoms with Crippen LogP contribution in [0.25, 0.3) is 16.8 Å². The summed E-state index contributed by atoms with van der Waals surface area (Å²) in [7, 11) is -2.12. The highest BCUT2D eigenvalue weighted by Gasteiger charge is 2.26. The molecule has 0 radical (unpaired) electrons. The van der Waals surface area contributed by atoms with Crippen LogP contribution < -0.4 is 15.4 Å². The highest BCUT2D eigenvalue weighted by Crippen LogP contribution is 2.35. The van der Waals surface area contributed by atoms with Gasteiger partial charge in [0, 0.05) is 42.8 Å². The maximum atomic E-state index is 13.4. The SMILES string of the molecule is COc1cc(S(C)(=O)=O)ccc1N(C(=O)CCCN)c1nc2ccc(-c3ccc(CC(=O)[C@H](C)c4ccc(F)cc4)cc3)cn2n1. The van der Waals surface area contributed by atoms with Crippen LogP contribution >= 0.6 is 0 Å². The Morgan fingerprint density at radius 2 is 1.70 bits per heavy atom. The number of carbonyl (C=O) groups is 2. The van der Waals surface area contributed by atoms with Crippen LogP contribution in [0.3, 0.4) is 0 Å². The highest BCUT2D eigenvalue weighted by molar-refractivity contribution is 7.90. The number of Topliss-reactive ketones (excluding diaryl/α,β-unsaturated/α-hetero) is 1. The van der Waals surface area contributed by atoms with E-state index in [9.17, 15) is 22.4 Å². The van der Waals surface area contributed by atoms with Crippen LogP contribution in [0.1, 0.15) is 36.8 Å². The summed E-state index contributed by atoms with van der Waals surface area (Å²) in [5.74, 6) is -0.726. The van der Waals surface area contributed by atoms with Gasteiger partial charge in [0.25, 0.3) is 5.95 Å². The lowest BCUT2D eigenvalue weighted by molar-refractivity contribution is -0.119. The Labute approximate surface area is 266 Å². The molecule has 1 atom stereocenters. The van der Waals surface area contributed by atoms with Gasteiger partial charge in [-0.3, -0.25) is 9.59 Å². The summed E-state index contributed by atoms with van der Waals surface area (Å²) in [5, 5.41) is 4.60. The first-order valence-electron chi connectivity index (χ1n) is 14.6. The van der Waals surface area contributed by atoms with E-state index in [1.807, 2.05) is 37.3 Å². The first-order chi connectivity index (χ1) is 22.0. The standard InChI is InChI=1S/C34H34FN5O5S/c1-22(24-10-13-27(35)14-11-24)30(41)19-23-6-8-25(9-7-23)26-12-17-32-37-34(38-39(32)21-26)40(33(42)5-4-18-36)29-16-15-28(46(3,43)44)20-31(29)45-2/h6-17,20-22H,4-5,18-19,36H2,1-3H3/t22-/m1/s1. The molecule has 12 heteroatoms. The molecule has 0 saturated heterocycles. The van der Waals surface area contributed by atoms with E-state index in [2.05, 4.69) is 10.1 Å². The minimum Gasteiger partial charge on any atom is -0.495 e. The number of aromatic nitrogens is 3. The van der Waals surface area contributed by atoms with E-state index in [-0.39, 0.29) is 52.9 Å². The Balaban J connectivity index is 1.41. The first kappa shape index (κ1) is 32.5. The van der Waals surface area contributed by atoms with Gasteiger partial charge in [0.05, 0.1) is 17.7 Å². The molecule has 3 aromatic carbocycles. The zero-order chi connectivity index (χ0) is 33.0. The van der Waals surface area contributed by atoms with Crippen molar-refractivity contribution in [3.8, 4) is 16.9 Å². The molecular weight excluding hydrogens is 609 g/mol. The molecule has 5 rings (SSSR count). The van der Waals surface area contributed by atoms with Crippen molar-refractivity contribution >= 4 is 38.8 Å². The monoisotopic (exact) mass is 643 g/mol. The molecule has 5 aromatic rings. The number of fused-ring (bicyclic) bond motifs is 1. The quantitative estimate of drug-likeness (QED) is 0.194. The van der Waals surface area contributed by atoms with Crippen molar-refractivity contribution in [3.63, 3.8) is 0 Å². The van der Waals surface area contributed by atoms with Gasteiger partial charge in [-0.2, -0.15) is 4.98 Å². The molecule has 2 heterocycles. The normalized spacial score (nSPS) is 12.2. The number of methoxy groups -OCH3 is 1. The van der Waals surface area contributed by atoms with Crippen molar-refractivity contribution in [2.45, 2.75) is 37.0 Å². The smallest absolute Gasteiger partial charge is 0.257 e. The summed E-state index contributed by atoms with van der Waals surface area (Å²) >= 11 is 0. The maximum Gasteiger partial charge on any atom is 0.257 e. The van der Waals surface area contributed by atoms with Crippen molar-refractivity contribution in [2.24, 2.45) is 5.73 Å². The second kappa shape index (κ2) is 13.6. The molecule has 238 valence electrons. The van der Waals surface area contributed by atoms with Gasteiger partial charge < -0.3 is 10.5 Å². The molecule has 0 aliphatic rings. The average molecular weight is 644 g/mol. The molecule has 0 spiro atoms. The number of rotatable bonds is 12. The zero-order valence-corrected chi connectivity index (χ0v) is 26.5. The molecule has 2 N–H and O–H groups in total. The van der Waals surface area contributed by atoms with Gasteiger partial charge in [-0.05, 0) is 66.1 Å². The molecule has 10 nitrogen and oxygen atoms in total. The summed E-state index contributed by atoms with van der Waals surface area (Å²) in [4.78, 5) is 32.3. The third-order valence-corrected chi connectivity index (χ3v) is 8.81. The van der Waals surface area contributed by atoms with E-state index in [0.29, 0.717) is 24.3 Å². The van der Waals surface area contributed by atoms with Gasteiger partial charge in [0.1, 0.15) is 17.3 Å². The third-order valence-electron chi connectivity index (χ3n) is 7.70. The van der Waals surface area contributed by atoms with E-state index in [4.69, 9.17) is 10.5 Å². The van der Waals surface area contributed by atoms with E-state index < -0.39 is 9.84 Å². The summed E-state index contributed by atoms with van der Waals surface area (Å²) in [5.41, 5.74) is 9.79. The van der Waals surface area contributed by atoms with Crippen LogP contribution in [0, 0.1) is 5.82 Å². The third kappa shape index (κ3) is 7.13. The van der Waals surface area contributed by atoms with E-state index in [1.165, 1.54) is 42.3 Å². The Bertz CT molecular complexity index is 1990. The number of nitrogens with zero attached hydrogens (tertiary/aromatic N) is 4. The van der Waals surface area contributed by atoms with Crippen LogP contribution in [0.2, 0.25) is 0 Å². The number of carbonyl (C=O) groups excluding carboxylic acids is 2. The predicted octanol–water partition coefficient (Wildman–Crippen LogP) is 5.27. The number of hydrogen-bond acceptors (Lipinski definition) is 8. The van der Waals surface area contributed by atoms with E-state index in [0.717, 1.165) is 28.5 Å². The number of benzene rings is 3. The second-order valence-electron chi connectivity index (χ2n) is 11.0. The molecule has 0 aliphatic carbocycles. The highest BCUT2D eigenvalue weighted by atomic mass is 32.2. The molecular formula is C34H34FN5O5S. The fourth-order valence-electron chi connectivity index (χ4n) is 5.04. The molecule has 0 saturated carbocycles. The fourth-order valence-corrected chi connectivity index (χ4v) is 5.67. The number of nitrogens with two attached hydrogens (primary N) is 1. The Kier molecular flexibility index (Phi) is 9.59. The van der Waals surface area contributed by atoms with Gasteiger partial charge in [0.2, 0.25) is 5.91 Å². The Hall–Kier alpha value is -4.94. The van der Waals surface area contributed by atoms with Gasteiger partial charge in [0.15, 0.2) is 15.5 Å². The van der Waals surface area contributed by atoms with Gasteiger partial charge in [-0.1, -0.05) is 43.3 Å². The van der Waals surface area contributed by atoms with Crippen LogP contribution in [0.4, 0.5) is 16.0 Å². The number of halogens is 1. The van der Waals surface area contributed by atoms with Crippen molar-refractivity contribution in [1.82, 2.24) is 14.6 Å². The summed E-state index contributed by atoms with van der Waals surface area (Å²) in [6.45, 7) is 2.13. The van der Waals surface area contributed by atoms with Gasteiger partial charge >= 0.3 is 0 Å². The Morgan fingerprint density at radius 1 is 1.00 bits per heavy atom. The maximum absolute atomic E-state index is 13.4. The molecule has 0 bridgehead atoms. The molecule has 0 aliphatic heterocycles. The van der Waals surface area contributed by atoms with E-state index in [1.54, 1.807) is 28.9 Å². The van der Waals surface area contributed by atoms with Gasteiger partial charge in [-0.25, -0.2) is 22.2 Å². The van der Waals surface area contributed by atoms with Crippen molar-refractivity contribution in [3.05, 3.63) is 102 Å². The summed E-state index contributed by atoms with van der Waals surface area (Å²) in [6, 6.07) is 21.5. The average Bonchev–Trinajstić information content (AvgIpc) is 3.46. The molecule has 46 heavy (non-hydrogen) atoms. The number of ether oxygens (including phenoxy) is 1.